The first-order chi connectivity index (χ1) is 6.91. The zero-order valence-electron chi connectivity index (χ0n) is 7.79. The van der Waals surface area contributed by atoms with Gasteiger partial charge in [-0.25, -0.2) is 4.79 Å². The number of likely N-dealkylation sites (tertiary alicyclic amines) is 1. The summed E-state index contributed by atoms with van der Waals surface area (Å²) in [6.45, 7) is -0.406. The number of rotatable bonds is 4. The van der Waals surface area contributed by atoms with Crippen molar-refractivity contribution < 1.29 is 29.7 Å². The number of amides is 1. The normalized spacial score (nSPS) is 22.9. The number of carboxylic acid groups (broad SMARTS) is 2. The number of carbonyl (C=O) groups is 3. The molecule has 7 heteroatoms. The van der Waals surface area contributed by atoms with Crippen molar-refractivity contribution in [2.75, 3.05) is 13.1 Å². The molecule has 0 radical (unpaired) electrons. The Morgan fingerprint density at radius 1 is 1.47 bits per heavy atom. The second kappa shape index (κ2) is 4.26. The van der Waals surface area contributed by atoms with E-state index in [-0.39, 0.29) is 19.5 Å². The Balaban J connectivity index is 2.54. The van der Waals surface area contributed by atoms with E-state index in [9.17, 15) is 14.4 Å². The van der Waals surface area contributed by atoms with Gasteiger partial charge in [0.25, 0.3) is 0 Å². The van der Waals surface area contributed by atoms with E-state index < -0.39 is 29.9 Å². The molecule has 1 heterocycles. The minimum absolute atomic E-state index is 0.0431. The molecule has 2 atom stereocenters. The van der Waals surface area contributed by atoms with E-state index in [0.29, 0.717) is 0 Å². The number of nitrogens with zero attached hydrogens (tertiary/aromatic N) is 1. The minimum atomic E-state index is -1.67. The van der Waals surface area contributed by atoms with E-state index >= 15 is 0 Å². The van der Waals surface area contributed by atoms with Gasteiger partial charge in [-0.2, -0.15) is 0 Å². The Kier molecular flexibility index (Phi) is 3.25. The molecule has 1 amide bonds. The lowest BCUT2D eigenvalue weighted by Gasteiger charge is -2.17. The standard InChI is InChI=1S/C8H11NO6/c10-5(8(14)15)3-9-2-4(7(12)13)1-6(9)11/h4-5,10H,1-3H2,(H,12,13)(H,14,15). The van der Waals surface area contributed by atoms with Crippen molar-refractivity contribution in [1.29, 1.82) is 0 Å². The lowest BCUT2D eigenvalue weighted by atomic mass is 10.1. The molecule has 3 N–H and O–H groups in total. The van der Waals surface area contributed by atoms with E-state index in [4.69, 9.17) is 15.3 Å². The molecule has 84 valence electrons. The Hall–Kier alpha value is -1.63. The molecule has 1 rings (SSSR count). The molecule has 1 aliphatic rings. The summed E-state index contributed by atoms with van der Waals surface area (Å²) in [5.41, 5.74) is 0. The number of β-amino-alcohol motifs (C(OH)–C–C–N with tert-alkyl or cyclic N) is 1. The lowest BCUT2D eigenvalue weighted by molar-refractivity contribution is -0.148. The van der Waals surface area contributed by atoms with Crippen LogP contribution in [0.5, 0.6) is 0 Å². The largest absolute Gasteiger partial charge is 0.481 e. The highest BCUT2D eigenvalue weighted by Crippen LogP contribution is 2.17. The van der Waals surface area contributed by atoms with Crippen molar-refractivity contribution in [2.24, 2.45) is 5.92 Å². The number of aliphatic hydroxyl groups excluding tert-OH is 1. The molecule has 0 saturated carbocycles. The summed E-state index contributed by atoms with van der Waals surface area (Å²) in [5.74, 6) is -3.77. The van der Waals surface area contributed by atoms with Crippen LogP contribution in [0.4, 0.5) is 0 Å². The average Bonchev–Trinajstić information content (AvgIpc) is 2.47. The summed E-state index contributed by atoms with van der Waals surface area (Å²) in [6.07, 6.45) is -1.80. The highest BCUT2D eigenvalue weighted by Gasteiger charge is 2.35. The Bertz CT molecular complexity index is 302. The van der Waals surface area contributed by atoms with Crippen molar-refractivity contribution in [1.82, 2.24) is 4.90 Å². The summed E-state index contributed by atoms with van der Waals surface area (Å²) in [5, 5.41) is 26.0. The quantitative estimate of drug-likeness (QED) is 0.520. The predicted molar refractivity (Wildman–Crippen MR) is 46.0 cm³/mol. The van der Waals surface area contributed by atoms with Gasteiger partial charge in [-0.1, -0.05) is 0 Å². The van der Waals surface area contributed by atoms with Crippen molar-refractivity contribution in [3.8, 4) is 0 Å². The van der Waals surface area contributed by atoms with Gasteiger partial charge in [-0.3, -0.25) is 9.59 Å². The van der Waals surface area contributed by atoms with Crippen LogP contribution in [0.15, 0.2) is 0 Å². The van der Waals surface area contributed by atoms with Gasteiger partial charge in [0.2, 0.25) is 5.91 Å². The molecule has 0 aromatic carbocycles. The van der Waals surface area contributed by atoms with Gasteiger partial charge in [0.1, 0.15) is 0 Å². The molecule has 0 aromatic rings. The number of aliphatic hydroxyl groups is 1. The Morgan fingerprint density at radius 3 is 2.47 bits per heavy atom. The monoisotopic (exact) mass is 217 g/mol. The summed E-state index contributed by atoms with van der Waals surface area (Å²) in [7, 11) is 0. The molecule has 0 aromatic heterocycles. The van der Waals surface area contributed by atoms with Crippen LogP contribution < -0.4 is 0 Å². The maximum atomic E-state index is 11.2. The zero-order valence-corrected chi connectivity index (χ0v) is 7.79. The van der Waals surface area contributed by atoms with Crippen molar-refractivity contribution in [3.63, 3.8) is 0 Å². The van der Waals surface area contributed by atoms with Crippen LogP contribution in [-0.4, -0.2) is 57.3 Å². The van der Waals surface area contributed by atoms with E-state index in [1.807, 2.05) is 0 Å². The fourth-order valence-corrected chi connectivity index (χ4v) is 1.40. The first-order valence-electron chi connectivity index (χ1n) is 4.33. The van der Waals surface area contributed by atoms with Crippen LogP contribution in [0.25, 0.3) is 0 Å². The van der Waals surface area contributed by atoms with Gasteiger partial charge >= 0.3 is 11.9 Å². The maximum absolute atomic E-state index is 11.2. The first-order valence-corrected chi connectivity index (χ1v) is 4.33. The summed E-state index contributed by atoms with van der Waals surface area (Å²) >= 11 is 0. The second-order valence-corrected chi connectivity index (χ2v) is 3.39. The highest BCUT2D eigenvalue weighted by atomic mass is 16.4. The number of hydrogen-bond donors (Lipinski definition) is 3. The van der Waals surface area contributed by atoms with E-state index in [0.717, 1.165) is 4.90 Å². The van der Waals surface area contributed by atoms with E-state index in [1.165, 1.54) is 0 Å². The van der Waals surface area contributed by atoms with E-state index in [1.54, 1.807) is 0 Å². The Morgan fingerprint density at radius 2 is 2.07 bits per heavy atom. The third kappa shape index (κ3) is 2.66. The lowest BCUT2D eigenvalue weighted by Crippen LogP contribution is -2.38. The van der Waals surface area contributed by atoms with Gasteiger partial charge in [0.05, 0.1) is 12.5 Å². The molecule has 7 nitrogen and oxygen atoms in total. The van der Waals surface area contributed by atoms with Crippen LogP contribution in [0, 0.1) is 5.92 Å². The molecular weight excluding hydrogens is 206 g/mol. The molecule has 1 fully saturated rings. The topological polar surface area (TPSA) is 115 Å². The third-order valence-electron chi connectivity index (χ3n) is 2.24. The van der Waals surface area contributed by atoms with E-state index in [2.05, 4.69) is 0 Å². The molecule has 1 aliphatic heterocycles. The molecule has 0 aliphatic carbocycles. The zero-order chi connectivity index (χ0) is 11.6. The van der Waals surface area contributed by atoms with Crippen molar-refractivity contribution in [3.05, 3.63) is 0 Å². The van der Waals surface area contributed by atoms with Crippen LogP contribution >= 0.6 is 0 Å². The average molecular weight is 217 g/mol. The molecule has 0 spiro atoms. The van der Waals surface area contributed by atoms with Gasteiger partial charge in [-0.05, 0) is 0 Å². The predicted octanol–water partition coefficient (Wildman–Crippen LogP) is -1.63. The fourth-order valence-electron chi connectivity index (χ4n) is 1.40. The molecule has 0 bridgehead atoms. The Labute approximate surface area is 84.9 Å². The third-order valence-corrected chi connectivity index (χ3v) is 2.24. The van der Waals surface area contributed by atoms with Gasteiger partial charge < -0.3 is 20.2 Å². The molecule has 15 heavy (non-hydrogen) atoms. The summed E-state index contributed by atoms with van der Waals surface area (Å²) < 4.78 is 0. The van der Waals surface area contributed by atoms with Gasteiger partial charge in [-0.15, -0.1) is 0 Å². The van der Waals surface area contributed by atoms with Crippen molar-refractivity contribution >= 4 is 17.8 Å². The number of hydrogen-bond acceptors (Lipinski definition) is 4. The van der Waals surface area contributed by atoms with Crippen LogP contribution in [0.3, 0.4) is 0 Å². The molecule has 2 unspecified atom stereocenters. The number of aliphatic carboxylic acids is 2. The fraction of sp³-hybridized carbons (Fsp3) is 0.625. The minimum Gasteiger partial charge on any atom is -0.481 e. The van der Waals surface area contributed by atoms with Crippen LogP contribution in [0.2, 0.25) is 0 Å². The van der Waals surface area contributed by atoms with Crippen molar-refractivity contribution in [2.45, 2.75) is 12.5 Å². The van der Waals surface area contributed by atoms with Gasteiger partial charge in [0, 0.05) is 13.0 Å². The number of carbonyl (C=O) groups excluding carboxylic acids is 1. The second-order valence-electron chi connectivity index (χ2n) is 3.39. The molecular formula is C8H11NO6. The highest BCUT2D eigenvalue weighted by molar-refractivity contribution is 5.86. The summed E-state index contributed by atoms with van der Waals surface area (Å²) in [6, 6.07) is 0. The first kappa shape index (κ1) is 11.4. The SMILES string of the molecule is O=C(O)C(O)CN1CC(C(=O)O)CC1=O. The maximum Gasteiger partial charge on any atom is 0.334 e. The smallest absolute Gasteiger partial charge is 0.334 e. The summed E-state index contributed by atoms with van der Waals surface area (Å²) in [4.78, 5) is 33.1. The van der Waals surface area contributed by atoms with Crippen LogP contribution in [-0.2, 0) is 14.4 Å². The number of carboxylic acids is 2. The van der Waals surface area contributed by atoms with Crippen LogP contribution in [0.1, 0.15) is 6.42 Å². The molecule has 1 saturated heterocycles. The van der Waals surface area contributed by atoms with Gasteiger partial charge in [0.15, 0.2) is 6.10 Å².